The van der Waals surface area contributed by atoms with E-state index in [1.807, 2.05) is 0 Å². The largest absolute Gasteiger partial charge is 0.469 e. The second-order valence-electron chi connectivity index (χ2n) is 5.00. The highest BCUT2D eigenvalue weighted by molar-refractivity contribution is 7.46. The van der Waals surface area contributed by atoms with E-state index in [0.717, 1.165) is 0 Å². The zero-order valence-electron chi connectivity index (χ0n) is 11.6. The topological polar surface area (TPSA) is 192 Å². The summed E-state index contributed by atoms with van der Waals surface area (Å²) < 4.78 is 22.1. The maximum atomic E-state index is 10.8. The van der Waals surface area contributed by atoms with Crippen molar-refractivity contribution in [3.63, 3.8) is 0 Å². The summed E-state index contributed by atoms with van der Waals surface area (Å²) in [5, 5.41) is 10.1. The lowest BCUT2D eigenvalue weighted by Gasteiger charge is -2.17. The van der Waals surface area contributed by atoms with Crippen LogP contribution in [-0.2, 0) is 13.8 Å². The third-order valence-corrected chi connectivity index (χ3v) is 3.97. The lowest BCUT2D eigenvalue weighted by molar-refractivity contribution is -0.0429. The Morgan fingerprint density at radius 2 is 2.13 bits per heavy atom. The Labute approximate surface area is 129 Å². The third-order valence-electron chi connectivity index (χ3n) is 3.49. The summed E-state index contributed by atoms with van der Waals surface area (Å²) in [6.45, 7) is -0.514. The predicted molar refractivity (Wildman–Crippen MR) is 75.6 cm³/mol. The molecule has 13 heteroatoms. The highest BCUT2D eigenvalue weighted by atomic mass is 31.2. The molecule has 23 heavy (non-hydrogen) atoms. The summed E-state index contributed by atoms with van der Waals surface area (Å²) in [5.74, 6) is 0.183. The van der Waals surface area contributed by atoms with Crippen LogP contribution in [0.25, 0.3) is 11.2 Å². The molecule has 126 valence electrons. The van der Waals surface area contributed by atoms with Gasteiger partial charge in [-0.2, -0.15) is 0 Å². The zero-order valence-corrected chi connectivity index (χ0v) is 12.5. The zero-order chi connectivity index (χ0) is 16.8. The van der Waals surface area contributed by atoms with Gasteiger partial charge in [0.1, 0.15) is 24.1 Å². The van der Waals surface area contributed by atoms with Gasteiger partial charge in [0.2, 0.25) is 0 Å². The van der Waals surface area contributed by atoms with Crippen LogP contribution in [0.1, 0.15) is 6.23 Å². The van der Waals surface area contributed by atoms with E-state index >= 15 is 0 Å². The fourth-order valence-electron chi connectivity index (χ4n) is 2.38. The van der Waals surface area contributed by atoms with Gasteiger partial charge < -0.3 is 31.1 Å². The number of anilines is 1. The maximum absolute atomic E-state index is 10.8. The van der Waals surface area contributed by atoms with Crippen LogP contribution >= 0.6 is 7.82 Å². The number of imidazole rings is 1. The van der Waals surface area contributed by atoms with Gasteiger partial charge in [0.25, 0.3) is 0 Å². The minimum atomic E-state index is -4.68. The molecule has 1 aliphatic rings. The smallest absolute Gasteiger partial charge is 0.389 e. The molecule has 1 aliphatic heterocycles. The van der Waals surface area contributed by atoms with Gasteiger partial charge >= 0.3 is 7.82 Å². The van der Waals surface area contributed by atoms with E-state index < -0.39 is 38.9 Å². The molecule has 2 aromatic heterocycles. The van der Waals surface area contributed by atoms with Crippen LogP contribution in [0.15, 0.2) is 12.7 Å². The van der Waals surface area contributed by atoms with Gasteiger partial charge in [0.05, 0.1) is 19.0 Å². The number of phosphoric acid groups is 1. The van der Waals surface area contributed by atoms with Gasteiger partial charge in [0.15, 0.2) is 17.7 Å². The molecule has 3 heterocycles. The number of hydrogen-bond donors (Lipinski definition) is 5. The second kappa shape index (κ2) is 5.76. The van der Waals surface area contributed by atoms with E-state index in [1.165, 1.54) is 17.2 Å². The fourth-order valence-corrected chi connectivity index (χ4v) is 2.72. The van der Waals surface area contributed by atoms with Gasteiger partial charge in [-0.25, -0.2) is 19.5 Å². The van der Waals surface area contributed by atoms with E-state index in [4.69, 9.17) is 26.0 Å². The Hall–Kier alpha value is -1.66. The average Bonchev–Trinajstić information content (AvgIpc) is 3.01. The van der Waals surface area contributed by atoms with Gasteiger partial charge in [-0.05, 0) is 0 Å². The van der Waals surface area contributed by atoms with Crippen LogP contribution in [0.3, 0.4) is 0 Å². The molecule has 7 N–H and O–H groups in total. The number of aliphatic hydroxyl groups excluding tert-OH is 1. The van der Waals surface area contributed by atoms with Crippen molar-refractivity contribution < 1.29 is 28.7 Å². The molecule has 1 saturated heterocycles. The quantitative estimate of drug-likeness (QED) is 0.388. The molecule has 0 spiro atoms. The van der Waals surface area contributed by atoms with Crippen LogP contribution in [0.5, 0.6) is 0 Å². The van der Waals surface area contributed by atoms with Crippen molar-refractivity contribution in [2.24, 2.45) is 5.73 Å². The van der Waals surface area contributed by atoms with Crippen molar-refractivity contribution in [2.45, 2.75) is 24.5 Å². The molecule has 0 bridgehead atoms. The normalized spacial score (nSPS) is 28.5. The van der Waals surface area contributed by atoms with E-state index in [1.54, 1.807) is 0 Å². The lowest BCUT2D eigenvalue weighted by Crippen LogP contribution is -2.40. The number of ether oxygens (including phenoxy) is 1. The number of nitrogen functional groups attached to an aromatic ring is 1. The minimum absolute atomic E-state index is 0.183. The monoisotopic (exact) mass is 346 g/mol. The predicted octanol–water partition coefficient (Wildman–Crippen LogP) is -1.90. The first-order valence-corrected chi connectivity index (χ1v) is 8.03. The standard InChI is InChI=1S/C10H15N6O6P/c11-5-7(17)4(1-21-23(18,19)20)22-10(5)16-3-15-6-8(12)13-2-14-9(6)16/h2-5,7,10,17H,1,11H2,(H2,12,13,14)(H2,18,19,20). The summed E-state index contributed by atoms with van der Waals surface area (Å²) in [4.78, 5) is 29.4. The van der Waals surface area contributed by atoms with Crippen LogP contribution in [0.2, 0.25) is 0 Å². The SMILES string of the molecule is Nc1ncnc2c1ncn2C1OC(COP(=O)(O)O)C(O)C1N. The number of hydrogen-bond acceptors (Lipinski definition) is 9. The molecule has 0 aromatic carbocycles. The van der Waals surface area contributed by atoms with Crippen molar-refractivity contribution in [1.82, 2.24) is 19.5 Å². The maximum Gasteiger partial charge on any atom is 0.469 e. The number of aliphatic hydroxyl groups is 1. The van der Waals surface area contributed by atoms with Gasteiger partial charge in [0, 0.05) is 0 Å². The Kier molecular flexibility index (Phi) is 4.06. The molecular weight excluding hydrogens is 331 g/mol. The Morgan fingerprint density at radius 1 is 1.39 bits per heavy atom. The van der Waals surface area contributed by atoms with E-state index in [2.05, 4.69) is 19.5 Å². The third kappa shape index (κ3) is 3.05. The first kappa shape index (κ1) is 16.2. The van der Waals surface area contributed by atoms with Crippen molar-refractivity contribution in [1.29, 1.82) is 0 Å². The second-order valence-corrected chi connectivity index (χ2v) is 6.24. The average molecular weight is 346 g/mol. The molecule has 12 nitrogen and oxygen atoms in total. The number of rotatable bonds is 4. The molecule has 0 amide bonds. The van der Waals surface area contributed by atoms with E-state index in [0.29, 0.717) is 11.2 Å². The van der Waals surface area contributed by atoms with Gasteiger partial charge in [-0.15, -0.1) is 0 Å². The lowest BCUT2D eigenvalue weighted by atomic mass is 10.1. The summed E-state index contributed by atoms with van der Waals surface area (Å²) in [6, 6.07) is -0.881. The van der Waals surface area contributed by atoms with Crippen molar-refractivity contribution in [2.75, 3.05) is 12.3 Å². The molecular formula is C10H15N6O6P. The summed E-state index contributed by atoms with van der Waals surface area (Å²) in [6.07, 6.45) is -0.419. The number of phosphoric ester groups is 1. The van der Waals surface area contributed by atoms with Crippen molar-refractivity contribution in [3.05, 3.63) is 12.7 Å². The molecule has 0 aliphatic carbocycles. The molecule has 1 fully saturated rings. The summed E-state index contributed by atoms with van der Waals surface area (Å²) >= 11 is 0. The van der Waals surface area contributed by atoms with Crippen LogP contribution < -0.4 is 11.5 Å². The van der Waals surface area contributed by atoms with Crippen LogP contribution in [0.4, 0.5) is 5.82 Å². The number of fused-ring (bicyclic) bond motifs is 1. The summed E-state index contributed by atoms with van der Waals surface area (Å²) in [7, 11) is -4.68. The summed E-state index contributed by atoms with van der Waals surface area (Å²) in [5.41, 5.74) is 12.3. The van der Waals surface area contributed by atoms with Gasteiger partial charge in [-0.1, -0.05) is 0 Å². The number of nitrogens with zero attached hydrogens (tertiary/aromatic N) is 4. The Balaban J connectivity index is 1.85. The van der Waals surface area contributed by atoms with Crippen molar-refractivity contribution >= 4 is 24.8 Å². The highest BCUT2D eigenvalue weighted by Crippen LogP contribution is 2.38. The first-order valence-electron chi connectivity index (χ1n) is 6.50. The van der Waals surface area contributed by atoms with Crippen LogP contribution in [0, 0.1) is 0 Å². The van der Waals surface area contributed by atoms with E-state index in [-0.39, 0.29) is 5.82 Å². The highest BCUT2D eigenvalue weighted by Gasteiger charge is 2.44. The molecule has 2 aromatic rings. The Bertz CT molecular complexity index is 763. The molecule has 0 radical (unpaired) electrons. The molecule has 4 unspecified atom stereocenters. The van der Waals surface area contributed by atoms with Crippen LogP contribution in [-0.4, -0.2) is 59.3 Å². The van der Waals surface area contributed by atoms with Crippen molar-refractivity contribution in [3.8, 4) is 0 Å². The van der Waals surface area contributed by atoms with E-state index in [9.17, 15) is 9.67 Å². The first-order chi connectivity index (χ1) is 10.8. The Morgan fingerprint density at radius 3 is 2.83 bits per heavy atom. The molecule has 4 atom stereocenters. The number of nitrogens with two attached hydrogens (primary N) is 2. The minimum Gasteiger partial charge on any atom is -0.389 e. The van der Waals surface area contributed by atoms with Gasteiger partial charge in [-0.3, -0.25) is 9.09 Å². The fraction of sp³-hybridized carbons (Fsp3) is 0.500. The molecule has 3 rings (SSSR count). The number of aromatic nitrogens is 4. The molecule has 0 saturated carbocycles.